The van der Waals surface area contributed by atoms with Crippen molar-refractivity contribution in [3.63, 3.8) is 0 Å². The number of rotatable bonds is 6. The quantitative estimate of drug-likeness (QED) is 0.483. The van der Waals surface area contributed by atoms with Crippen molar-refractivity contribution in [1.29, 1.82) is 0 Å². The fourth-order valence-corrected chi connectivity index (χ4v) is 5.48. The molecule has 40 heavy (non-hydrogen) atoms. The monoisotopic (exact) mass is 543 g/mol. The van der Waals surface area contributed by atoms with E-state index in [2.05, 4.69) is 20.6 Å². The van der Waals surface area contributed by atoms with E-state index in [0.717, 1.165) is 71.5 Å². The van der Waals surface area contributed by atoms with Gasteiger partial charge in [-0.3, -0.25) is 9.48 Å². The van der Waals surface area contributed by atoms with E-state index >= 15 is 0 Å². The Morgan fingerprint density at radius 3 is 2.62 bits per heavy atom. The van der Waals surface area contributed by atoms with Gasteiger partial charge in [0.1, 0.15) is 5.82 Å². The summed E-state index contributed by atoms with van der Waals surface area (Å²) in [4.78, 5) is 36.1. The molecule has 6 rings (SSSR count). The van der Waals surface area contributed by atoms with Gasteiger partial charge in [-0.1, -0.05) is 12.1 Å². The van der Waals surface area contributed by atoms with Crippen LogP contribution in [0.5, 0.6) is 0 Å². The third-order valence-electron chi connectivity index (χ3n) is 8.05. The fourth-order valence-electron chi connectivity index (χ4n) is 5.48. The largest absolute Gasteiger partial charge is 0.426 e. The molecule has 1 aromatic heterocycles. The highest BCUT2D eigenvalue weighted by molar-refractivity contribution is 6.08. The average Bonchev–Trinajstić information content (AvgIpc) is 3.72. The molecule has 1 saturated heterocycles. The van der Waals surface area contributed by atoms with Gasteiger partial charge in [-0.25, -0.2) is 4.79 Å². The zero-order chi connectivity index (χ0) is 27.8. The Labute approximate surface area is 234 Å². The molecule has 2 aromatic carbocycles. The lowest BCUT2D eigenvalue weighted by atomic mass is 10.0. The van der Waals surface area contributed by atoms with Crippen molar-refractivity contribution >= 4 is 29.2 Å². The summed E-state index contributed by atoms with van der Waals surface area (Å²) in [5, 5.41) is 12.5. The molecule has 2 N–H and O–H groups in total. The summed E-state index contributed by atoms with van der Waals surface area (Å²) in [5.41, 5.74) is 6.20. The zero-order valence-corrected chi connectivity index (χ0v) is 23.4. The minimum Gasteiger partial charge on any atom is -0.351 e. The van der Waals surface area contributed by atoms with Gasteiger partial charge in [0.15, 0.2) is 0 Å². The number of hydroxylamine groups is 2. The summed E-state index contributed by atoms with van der Waals surface area (Å²) in [5.74, 6) is 1.66. The molecule has 3 aliphatic rings. The van der Waals surface area contributed by atoms with Gasteiger partial charge in [-0.15, -0.1) is 5.06 Å². The molecular weight excluding hydrogens is 506 g/mol. The second-order valence-electron chi connectivity index (χ2n) is 11.2. The minimum atomic E-state index is -0.452. The first kappa shape index (κ1) is 26.3. The van der Waals surface area contributed by atoms with E-state index in [-0.39, 0.29) is 5.91 Å². The van der Waals surface area contributed by atoms with Crippen molar-refractivity contribution in [3.8, 4) is 0 Å². The number of amides is 2. The zero-order valence-electron chi connectivity index (χ0n) is 23.4. The Morgan fingerprint density at radius 2 is 1.88 bits per heavy atom. The van der Waals surface area contributed by atoms with E-state index in [0.29, 0.717) is 18.7 Å². The summed E-state index contributed by atoms with van der Waals surface area (Å²) in [7, 11) is 1.89. The number of carbonyl (C=O) groups excluding carboxylic acids is 2. The fraction of sp³-hybridized carbons (Fsp3) is 0.433. The number of nitrogens with zero attached hydrogens (tertiary/aromatic N) is 5. The second kappa shape index (κ2) is 10.9. The topological polar surface area (TPSA) is 95.0 Å². The van der Waals surface area contributed by atoms with Crippen LogP contribution >= 0.6 is 0 Å². The highest BCUT2D eigenvalue weighted by Crippen LogP contribution is 2.37. The maximum Gasteiger partial charge on any atom is 0.426 e. The van der Waals surface area contributed by atoms with Crippen LogP contribution in [0.15, 0.2) is 42.6 Å². The predicted octanol–water partition coefficient (Wildman–Crippen LogP) is 4.11. The first-order valence-corrected chi connectivity index (χ1v) is 14.1. The molecule has 0 unspecified atom stereocenters. The van der Waals surface area contributed by atoms with Gasteiger partial charge < -0.3 is 25.3 Å². The normalized spacial score (nSPS) is 17.4. The van der Waals surface area contributed by atoms with Crippen molar-refractivity contribution in [3.05, 3.63) is 70.4 Å². The first-order chi connectivity index (χ1) is 19.3. The molecular formula is C30H37N7O3. The third kappa shape index (κ3) is 5.68. The molecule has 0 spiro atoms. The number of aromatic nitrogens is 2. The van der Waals surface area contributed by atoms with Crippen LogP contribution in [-0.4, -0.2) is 64.5 Å². The van der Waals surface area contributed by atoms with Crippen LogP contribution in [0.2, 0.25) is 0 Å². The highest BCUT2D eigenvalue weighted by atomic mass is 16.7. The van der Waals surface area contributed by atoms with Gasteiger partial charge in [-0.2, -0.15) is 5.10 Å². The van der Waals surface area contributed by atoms with Gasteiger partial charge in [0.2, 0.25) is 0 Å². The number of hydrogen-bond donors (Lipinski definition) is 2. The van der Waals surface area contributed by atoms with Crippen molar-refractivity contribution < 1.29 is 14.4 Å². The van der Waals surface area contributed by atoms with Crippen LogP contribution in [0.25, 0.3) is 0 Å². The molecule has 3 heterocycles. The first-order valence-electron chi connectivity index (χ1n) is 14.1. The van der Waals surface area contributed by atoms with Crippen molar-refractivity contribution in [2.24, 2.45) is 13.0 Å². The molecule has 2 amide bonds. The van der Waals surface area contributed by atoms with Gasteiger partial charge in [0, 0.05) is 57.4 Å². The standard InChI is InChI=1S/C30H37N7O3/c1-20-4-9-27-26(14-20)33-28-25(17-32-34(28)3)19-37(27)29(38)23-7-8-24(21(2)15-23)16-31-30(39)40-36-12-10-35(11-13-36)18-22-5-6-22/h4,7-9,14-15,17,22,33H,5-6,10-13,16,18-19H2,1-3H3,(H,31,39). The molecule has 2 fully saturated rings. The molecule has 10 nitrogen and oxygen atoms in total. The van der Waals surface area contributed by atoms with Crippen LogP contribution in [0.1, 0.15) is 45.5 Å². The molecule has 10 heteroatoms. The number of nitrogens with one attached hydrogen (secondary N) is 2. The minimum absolute atomic E-state index is 0.0912. The van der Waals surface area contributed by atoms with Crippen LogP contribution in [0.3, 0.4) is 0 Å². The molecule has 3 aromatic rings. The van der Waals surface area contributed by atoms with Gasteiger partial charge >= 0.3 is 6.09 Å². The van der Waals surface area contributed by atoms with E-state index in [1.807, 2.05) is 57.3 Å². The molecule has 0 radical (unpaired) electrons. The Hall–Kier alpha value is -3.89. The number of benzene rings is 2. The van der Waals surface area contributed by atoms with E-state index in [9.17, 15) is 9.59 Å². The maximum absolute atomic E-state index is 13.8. The van der Waals surface area contributed by atoms with Crippen molar-refractivity contribution in [2.45, 2.75) is 39.8 Å². The lowest BCUT2D eigenvalue weighted by molar-refractivity contribution is -0.123. The number of anilines is 3. The second-order valence-corrected chi connectivity index (χ2v) is 11.2. The van der Waals surface area contributed by atoms with E-state index in [1.165, 1.54) is 19.4 Å². The summed E-state index contributed by atoms with van der Waals surface area (Å²) in [6, 6.07) is 11.7. The van der Waals surface area contributed by atoms with Gasteiger partial charge in [0.25, 0.3) is 5.91 Å². The van der Waals surface area contributed by atoms with Crippen LogP contribution in [-0.2, 0) is 25.0 Å². The van der Waals surface area contributed by atoms with E-state index in [4.69, 9.17) is 4.84 Å². The number of piperazine rings is 1. The van der Waals surface area contributed by atoms with Crippen LogP contribution in [0.4, 0.5) is 22.0 Å². The molecule has 0 bridgehead atoms. The predicted molar refractivity (Wildman–Crippen MR) is 153 cm³/mol. The number of fused-ring (bicyclic) bond motifs is 2. The summed E-state index contributed by atoms with van der Waals surface area (Å²) < 4.78 is 1.79. The summed E-state index contributed by atoms with van der Waals surface area (Å²) in [6.45, 7) is 9.21. The number of hydrogen-bond acceptors (Lipinski definition) is 7. The molecule has 1 saturated carbocycles. The molecule has 2 aliphatic heterocycles. The SMILES string of the molecule is Cc1ccc2c(c1)Nc1c(cnn1C)CN2C(=O)c1ccc(CNC(=O)ON2CCN(CC3CC3)CC2)c(C)c1. The number of aryl methyl sites for hydroxylation is 3. The van der Waals surface area contributed by atoms with Crippen molar-refractivity contribution in [2.75, 3.05) is 42.9 Å². The highest BCUT2D eigenvalue weighted by Gasteiger charge is 2.28. The van der Waals surface area contributed by atoms with E-state index in [1.54, 1.807) is 20.8 Å². The lowest BCUT2D eigenvalue weighted by Crippen LogP contribution is -2.48. The van der Waals surface area contributed by atoms with Gasteiger partial charge in [-0.05, 0) is 73.6 Å². The Bertz CT molecular complexity index is 1420. The Kier molecular flexibility index (Phi) is 7.20. The maximum atomic E-state index is 13.8. The number of carbonyl (C=O) groups is 2. The summed E-state index contributed by atoms with van der Waals surface area (Å²) >= 11 is 0. The lowest BCUT2D eigenvalue weighted by Gasteiger charge is -2.33. The van der Waals surface area contributed by atoms with E-state index < -0.39 is 6.09 Å². The smallest absolute Gasteiger partial charge is 0.351 e. The molecule has 1 aliphatic carbocycles. The van der Waals surface area contributed by atoms with Crippen LogP contribution in [0, 0.1) is 19.8 Å². The average molecular weight is 544 g/mol. The molecule has 0 atom stereocenters. The molecule has 210 valence electrons. The van der Waals surface area contributed by atoms with Crippen molar-refractivity contribution in [1.82, 2.24) is 25.1 Å². The Morgan fingerprint density at radius 1 is 1.07 bits per heavy atom. The van der Waals surface area contributed by atoms with Crippen LogP contribution < -0.4 is 15.5 Å². The third-order valence-corrected chi connectivity index (χ3v) is 8.05. The Balaban J connectivity index is 1.09. The van der Waals surface area contributed by atoms with Gasteiger partial charge in [0.05, 0.1) is 24.1 Å². The summed E-state index contributed by atoms with van der Waals surface area (Å²) in [6.07, 6.45) is 4.05.